The first-order valence-electron chi connectivity index (χ1n) is 5.43. The molecular weight excluding hydrogens is 164 g/mol. The number of carbonyl (C=O) groups is 1. The van der Waals surface area contributed by atoms with Crippen molar-refractivity contribution >= 4 is 6.29 Å². The summed E-state index contributed by atoms with van der Waals surface area (Å²) in [6.45, 7) is 2.67. The average Bonchev–Trinajstić information content (AvgIpc) is 2.67. The molecule has 0 amide bonds. The molecule has 1 saturated heterocycles. The summed E-state index contributed by atoms with van der Waals surface area (Å²) in [5.41, 5.74) is 0. The standard InChI is InChI=1S/C10H16N2O/c13-9-10-5-4-8-12(10)11-6-2-1-3-7-11/h1-2,9-10H,3-8H2/t10-/m0/s1/i1T. The van der Waals surface area contributed by atoms with E-state index in [-0.39, 0.29) is 6.04 Å². The summed E-state index contributed by atoms with van der Waals surface area (Å²) in [6.07, 6.45) is 5.88. The van der Waals surface area contributed by atoms with Crippen molar-refractivity contribution in [3.63, 3.8) is 0 Å². The van der Waals surface area contributed by atoms with Gasteiger partial charge in [-0.1, -0.05) is 12.1 Å². The Kier molecular flexibility index (Phi) is 2.39. The topological polar surface area (TPSA) is 23.6 Å². The highest BCUT2D eigenvalue weighted by Gasteiger charge is 2.28. The summed E-state index contributed by atoms with van der Waals surface area (Å²) in [5, 5.41) is 4.36. The van der Waals surface area contributed by atoms with Crippen LogP contribution in [0.2, 0.25) is 0 Å². The molecule has 0 aromatic carbocycles. The van der Waals surface area contributed by atoms with E-state index in [1.807, 2.05) is 6.08 Å². The Hall–Kier alpha value is -0.670. The largest absolute Gasteiger partial charge is 0.302 e. The zero-order valence-corrected chi connectivity index (χ0v) is 7.78. The smallest absolute Gasteiger partial charge is 0.138 e. The summed E-state index contributed by atoms with van der Waals surface area (Å²) >= 11 is 0. The molecule has 2 rings (SSSR count). The second-order valence-electron chi connectivity index (χ2n) is 3.58. The quantitative estimate of drug-likeness (QED) is 0.467. The van der Waals surface area contributed by atoms with Crippen molar-refractivity contribution in [1.82, 2.24) is 10.0 Å². The fourth-order valence-corrected chi connectivity index (χ4v) is 2.06. The summed E-state index contributed by atoms with van der Waals surface area (Å²) in [7, 11) is 0. The van der Waals surface area contributed by atoms with Gasteiger partial charge >= 0.3 is 0 Å². The summed E-state index contributed by atoms with van der Waals surface area (Å²) in [4.78, 5) is 10.8. The van der Waals surface area contributed by atoms with Gasteiger partial charge in [0.2, 0.25) is 0 Å². The molecule has 13 heavy (non-hydrogen) atoms. The number of hydrogen-bond donors (Lipinski definition) is 0. The minimum atomic E-state index is 0.0793. The van der Waals surface area contributed by atoms with E-state index < -0.39 is 0 Å². The normalized spacial score (nSPS) is 32.8. The molecule has 3 nitrogen and oxygen atoms in total. The highest BCUT2D eigenvalue weighted by Crippen LogP contribution is 2.19. The van der Waals surface area contributed by atoms with Crippen LogP contribution in [0.4, 0.5) is 0 Å². The minimum Gasteiger partial charge on any atom is -0.302 e. The molecule has 1 atom stereocenters. The maximum Gasteiger partial charge on any atom is 0.138 e. The highest BCUT2D eigenvalue weighted by molar-refractivity contribution is 5.57. The Morgan fingerprint density at radius 3 is 3.15 bits per heavy atom. The predicted molar refractivity (Wildman–Crippen MR) is 51.1 cm³/mol. The van der Waals surface area contributed by atoms with Crippen molar-refractivity contribution in [3.05, 3.63) is 12.1 Å². The van der Waals surface area contributed by atoms with E-state index in [1.165, 1.54) is 0 Å². The van der Waals surface area contributed by atoms with E-state index in [4.69, 9.17) is 1.37 Å². The maximum atomic E-state index is 10.8. The molecule has 1 fully saturated rings. The van der Waals surface area contributed by atoms with Crippen molar-refractivity contribution in [2.45, 2.75) is 25.3 Å². The number of aldehydes is 1. The molecule has 0 N–H and O–H groups in total. The van der Waals surface area contributed by atoms with Crippen LogP contribution in [0.3, 0.4) is 0 Å². The van der Waals surface area contributed by atoms with Crippen molar-refractivity contribution in [2.24, 2.45) is 0 Å². The minimum absolute atomic E-state index is 0.0793. The second-order valence-corrected chi connectivity index (χ2v) is 3.58. The Bertz CT molecular complexity index is 255. The molecule has 2 aliphatic rings. The average molecular weight is 182 g/mol. The lowest BCUT2D eigenvalue weighted by atomic mass is 10.2. The Labute approximate surface area is 80.4 Å². The van der Waals surface area contributed by atoms with Gasteiger partial charge in [-0.25, -0.2) is 10.0 Å². The van der Waals surface area contributed by atoms with Crippen LogP contribution in [-0.2, 0) is 4.79 Å². The molecule has 0 bridgehead atoms. The van der Waals surface area contributed by atoms with E-state index in [1.54, 1.807) is 0 Å². The van der Waals surface area contributed by atoms with E-state index in [2.05, 4.69) is 10.0 Å². The van der Waals surface area contributed by atoms with Crippen LogP contribution in [0.1, 0.15) is 20.6 Å². The molecule has 2 heterocycles. The van der Waals surface area contributed by atoms with Crippen LogP contribution in [0.15, 0.2) is 12.1 Å². The lowest BCUT2D eigenvalue weighted by molar-refractivity contribution is -0.118. The van der Waals surface area contributed by atoms with Gasteiger partial charge in [-0.05, 0) is 19.3 Å². The monoisotopic (exact) mass is 182 g/mol. The van der Waals surface area contributed by atoms with Crippen LogP contribution in [-0.4, -0.2) is 42.0 Å². The van der Waals surface area contributed by atoms with Gasteiger partial charge in [-0.15, -0.1) is 0 Å². The van der Waals surface area contributed by atoms with Crippen LogP contribution in [0.25, 0.3) is 0 Å². The Morgan fingerprint density at radius 1 is 1.54 bits per heavy atom. The van der Waals surface area contributed by atoms with Crippen molar-refractivity contribution < 1.29 is 6.17 Å². The molecule has 0 radical (unpaired) electrons. The van der Waals surface area contributed by atoms with Crippen molar-refractivity contribution in [1.29, 1.82) is 0 Å². The third-order valence-electron chi connectivity index (χ3n) is 2.75. The summed E-state index contributed by atoms with van der Waals surface area (Å²) in [5.74, 6) is 0. The maximum absolute atomic E-state index is 10.8. The van der Waals surface area contributed by atoms with Crippen molar-refractivity contribution in [3.8, 4) is 0 Å². The van der Waals surface area contributed by atoms with E-state index in [0.29, 0.717) is 0 Å². The molecule has 0 aliphatic carbocycles. The highest BCUT2D eigenvalue weighted by atomic mass is 16.1. The molecule has 3 heteroatoms. The van der Waals surface area contributed by atoms with Gasteiger partial charge in [0, 0.05) is 19.6 Å². The molecule has 0 saturated carbocycles. The van der Waals surface area contributed by atoms with Crippen LogP contribution in [0.5, 0.6) is 0 Å². The molecular formula is C10H16N2O. The number of hydrazine groups is 1. The lowest BCUT2D eigenvalue weighted by Crippen LogP contribution is -2.47. The van der Waals surface area contributed by atoms with Gasteiger partial charge < -0.3 is 4.79 Å². The molecule has 0 aromatic heterocycles. The first kappa shape index (κ1) is 7.71. The molecule has 0 spiro atoms. The predicted octanol–water partition coefficient (Wildman–Crippen LogP) is 0.827. The second kappa shape index (κ2) is 4.03. The summed E-state index contributed by atoms with van der Waals surface area (Å²) in [6, 6.07) is 0.804. The van der Waals surface area contributed by atoms with Crippen molar-refractivity contribution in [2.75, 3.05) is 19.6 Å². The molecule has 0 aromatic rings. The Balaban J connectivity index is 1.98. The number of rotatable bonds is 2. The molecule has 0 unspecified atom stereocenters. The van der Waals surface area contributed by atoms with Crippen LogP contribution >= 0.6 is 0 Å². The molecule has 2 aliphatic heterocycles. The van der Waals surface area contributed by atoms with Gasteiger partial charge in [0.1, 0.15) is 6.29 Å². The van der Waals surface area contributed by atoms with E-state index in [0.717, 1.165) is 51.2 Å². The van der Waals surface area contributed by atoms with Crippen LogP contribution < -0.4 is 0 Å². The number of nitrogens with zero attached hydrogens (tertiary/aromatic N) is 2. The van der Waals surface area contributed by atoms with Gasteiger partial charge in [0.15, 0.2) is 0 Å². The summed E-state index contributed by atoms with van der Waals surface area (Å²) < 4.78 is 7.47. The molecule has 72 valence electrons. The van der Waals surface area contributed by atoms with E-state index in [9.17, 15) is 4.79 Å². The first-order valence-corrected chi connectivity index (χ1v) is 4.93. The van der Waals surface area contributed by atoms with Gasteiger partial charge in [-0.2, -0.15) is 0 Å². The Morgan fingerprint density at radius 2 is 2.46 bits per heavy atom. The lowest BCUT2D eigenvalue weighted by Gasteiger charge is -2.34. The third-order valence-corrected chi connectivity index (χ3v) is 2.75. The van der Waals surface area contributed by atoms with Gasteiger partial charge in [0.25, 0.3) is 0 Å². The van der Waals surface area contributed by atoms with E-state index >= 15 is 0 Å². The number of hydrogen-bond acceptors (Lipinski definition) is 3. The SMILES string of the molecule is [3H]C1=CCN(N2CCC[C@H]2C=O)CC1. The number of carbonyl (C=O) groups excluding carboxylic acids is 1. The zero-order valence-electron chi connectivity index (χ0n) is 8.78. The zero-order chi connectivity index (χ0) is 9.97. The fraction of sp³-hybridized carbons (Fsp3) is 0.700. The fourth-order valence-electron chi connectivity index (χ4n) is 2.06. The van der Waals surface area contributed by atoms with Gasteiger partial charge in [0.05, 0.1) is 7.41 Å². The van der Waals surface area contributed by atoms with Crippen LogP contribution in [0, 0.1) is 0 Å². The van der Waals surface area contributed by atoms with Gasteiger partial charge in [-0.3, -0.25) is 0 Å². The first-order chi connectivity index (χ1) is 6.81. The third kappa shape index (κ3) is 1.81.